The number of nitro benzene ring substituents is 1. The van der Waals surface area contributed by atoms with Crippen LogP contribution in [0.3, 0.4) is 0 Å². The number of carbonyl (C=O) groups excluding carboxylic acids is 2. The molecule has 1 aromatic carbocycles. The molecule has 1 aromatic rings. The van der Waals surface area contributed by atoms with Crippen LogP contribution in [0.25, 0.3) is 6.08 Å². The third-order valence-corrected chi connectivity index (χ3v) is 2.62. The minimum atomic E-state index is -0.824. The molecule has 0 aliphatic heterocycles. The number of methoxy groups -OCH3 is 1. The van der Waals surface area contributed by atoms with E-state index in [-0.39, 0.29) is 21.8 Å². The number of non-ortho nitro benzene ring substituents is 1. The lowest BCUT2D eigenvalue weighted by molar-refractivity contribution is -0.384. The van der Waals surface area contributed by atoms with Crippen LogP contribution in [0.5, 0.6) is 0 Å². The van der Waals surface area contributed by atoms with E-state index in [0.29, 0.717) is 0 Å². The highest BCUT2D eigenvalue weighted by molar-refractivity contribution is 6.32. The summed E-state index contributed by atoms with van der Waals surface area (Å²) >= 11 is 5.87. The van der Waals surface area contributed by atoms with Crippen LogP contribution in [-0.2, 0) is 14.3 Å². The van der Waals surface area contributed by atoms with Crippen molar-refractivity contribution in [1.29, 1.82) is 0 Å². The van der Waals surface area contributed by atoms with E-state index < -0.39 is 16.7 Å². The SMILES string of the molecule is COC(=O)C(=Cc1cc([N+](=O)[O-])ccc1Cl)C(C)=O. The number of hydrogen-bond acceptors (Lipinski definition) is 5. The Labute approximate surface area is 113 Å². The highest BCUT2D eigenvalue weighted by Crippen LogP contribution is 2.24. The average molecular weight is 284 g/mol. The molecule has 0 atom stereocenters. The lowest BCUT2D eigenvalue weighted by Gasteiger charge is -2.03. The zero-order valence-corrected chi connectivity index (χ0v) is 10.9. The first kappa shape index (κ1) is 14.8. The molecule has 0 unspecified atom stereocenters. The van der Waals surface area contributed by atoms with E-state index in [0.717, 1.165) is 7.11 Å². The van der Waals surface area contributed by atoms with Gasteiger partial charge in [0.15, 0.2) is 5.78 Å². The van der Waals surface area contributed by atoms with Gasteiger partial charge in [0, 0.05) is 22.7 Å². The molecule has 0 spiro atoms. The quantitative estimate of drug-likeness (QED) is 0.211. The number of halogens is 1. The third kappa shape index (κ3) is 3.62. The summed E-state index contributed by atoms with van der Waals surface area (Å²) in [6.07, 6.45) is 1.17. The van der Waals surface area contributed by atoms with E-state index in [1.54, 1.807) is 0 Å². The number of ether oxygens (including phenoxy) is 1. The van der Waals surface area contributed by atoms with Gasteiger partial charge in [-0.25, -0.2) is 4.79 Å². The molecule has 0 amide bonds. The number of benzene rings is 1. The van der Waals surface area contributed by atoms with Gasteiger partial charge in [-0.15, -0.1) is 0 Å². The normalized spacial score (nSPS) is 11.0. The monoisotopic (exact) mass is 283 g/mol. The summed E-state index contributed by atoms with van der Waals surface area (Å²) in [4.78, 5) is 32.8. The van der Waals surface area contributed by atoms with Crippen molar-refractivity contribution in [2.45, 2.75) is 6.92 Å². The van der Waals surface area contributed by atoms with Gasteiger partial charge >= 0.3 is 5.97 Å². The van der Waals surface area contributed by atoms with Crippen LogP contribution in [0.4, 0.5) is 5.69 Å². The van der Waals surface area contributed by atoms with Crippen LogP contribution in [-0.4, -0.2) is 23.8 Å². The van der Waals surface area contributed by atoms with E-state index >= 15 is 0 Å². The molecule has 19 heavy (non-hydrogen) atoms. The molecule has 0 aliphatic rings. The Morgan fingerprint density at radius 3 is 2.53 bits per heavy atom. The fourth-order valence-corrected chi connectivity index (χ4v) is 1.50. The van der Waals surface area contributed by atoms with Gasteiger partial charge in [0.2, 0.25) is 0 Å². The van der Waals surface area contributed by atoms with E-state index in [9.17, 15) is 19.7 Å². The zero-order chi connectivity index (χ0) is 14.6. The number of rotatable bonds is 4. The van der Waals surface area contributed by atoms with Gasteiger partial charge in [0.25, 0.3) is 5.69 Å². The maximum atomic E-state index is 11.4. The van der Waals surface area contributed by atoms with E-state index in [4.69, 9.17) is 11.6 Å². The van der Waals surface area contributed by atoms with Crippen molar-refractivity contribution in [3.05, 3.63) is 44.5 Å². The summed E-state index contributed by atoms with van der Waals surface area (Å²) in [6.45, 7) is 1.19. The Morgan fingerprint density at radius 1 is 1.42 bits per heavy atom. The molecular formula is C12H10ClNO5. The number of carbonyl (C=O) groups is 2. The number of nitro groups is 1. The van der Waals surface area contributed by atoms with Crippen molar-refractivity contribution in [2.24, 2.45) is 0 Å². The highest BCUT2D eigenvalue weighted by Gasteiger charge is 2.16. The second-order valence-electron chi connectivity index (χ2n) is 3.57. The molecule has 0 fully saturated rings. The summed E-state index contributed by atoms with van der Waals surface area (Å²) in [5.74, 6) is -1.34. The predicted molar refractivity (Wildman–Crippen MR) is 68.8 cm³/mol. The summed E-state index contributed by atoms with van der Waals surface area (Å²) < 4.78 is 4.46. The number of ketones is 1. The first-order chi connectivity index (χ1) is 8.86. The van der Waals surface area contributed by atoms with Crippen LogP contribution in [0.15, 0.2) is 23.8 Å². The van der Waals surface area contributed by atoms with Gasteiger partial charge in [0.05, 0.1) is 12.0 Å². The van der Waals surface area contributed by atoms with Gasteiger partial charge in [-0.3, -0.25) is 14.9 Å². The maximum Gasteiger partial charge on any atom is 0.341 e. The van der Waals surface area contributed by atoms with Crippen molar-refractivity contribution in [3.8, 4) is 0 Å². The summed E-state index contributed by atoms with van der Waals surface area (Å²) in [5.41, 5.74) is -0.222. The van der Waals surface area contributed by atoms with E-state index in [2.05, 4.69) is 4.74 Å². The van der Waals surface area contributed by atoms with Crippen LogP contribution in [0.1, 0.15) is 12.5 Å². The van der Waals surface area contributed by atoms with Crippen LogP contribution in [0.2, 0.25) is 5.02 Å². The van der Waals surface area contributed by atoms with Gasteiger partial charge in [0.1, 0.15) is 5.57 Å². The average Bonchev–Trinajstić information content (AvgIpc) is 2.36. The zero-order valence-electron chi connectivity index (χ0n) is 10.2. The number of nitrogens with zero attached hydrogens (tertiary/aromatic N) is 1. The van der Waals surface area contributed by atoms with Gasteiger partial charge in [-0.1, -0.05) is 11.6 Å². The number of Topliss-reactive ketones (excluding diaryl/α,β-unsaturated/α-hetero) is 1. The summed E-state index contributed by atoms with van der Waals surface area (Å²) in [6, 6.07) is 3.72. The molecule has 0 saturated heterocycles. The fourth-order valence-electron chi connectivity index (χ4n) is 1.33. The Kier molecular flexibility index (Phi) is 4.77. The topological polar surface area (TPSA) is 86.5 Å². The van der Waals surface area contributed by atoms with Crippen molar-refractivity contribution in [2.75, 3.05) is 7.11 Å². The summed E-state index contributed by atoms with van der Waals surface area (Å²) in [5, 5.41) is 10.8. The summed E-state index contributed by atoms with van der Waals surface area (Å²) in [7, 11) is 1.13. The lowest BCUT2D eigenvalue weighted by Crippen LogP contribution is -2.11. The molecular weight excluding hydrogens is 274 g/mol. The van der Waals surface area contributed by atoms with Crippen molar-refractivity contribution >= 4 is 35.1 Å². The predicted octanol–water partition coefficient (Wildman–Crippen LogP) is 2.39. The Balaban J connectivity index is 3.35. The molecule has 0 heterocycles. The lowest BCUT2D eigenvalue weighted by atomic mass is 10.1. The standard InChI is InChI=1S/C12H10ClNO5/c1-7(15)10(12(16)19-2)6-8-5-9(14(17)18)3-4-11(8)13/h3-6H,1-2H3. The van der Waals surface area contributed by atoms with Crippen LogP contribution < -0.4 is 0 Å². The second-order valence-corrected chi connectivity index (χ2v) is 3.98. The Bertz CT molecular complexity index is 579. The molecule has 0 radical (unpaired) electrons. The molecule has 0 N–H and O–H groups in total. The van der Waals surface area contributed by atoms with Crippen molar-refractivity contribution < 1.29 is 19.2 Å². The van der Waals surface area contributed by atoms with Crippen LogP contribution >= 0.6 is 11.6 Å². The first-order valence-corrected chi connectivity index (χ1v) is 5.49. The largest absolute Gasteiger partial charge is 0.465 e. The number of hydrogen-bond donors (Lipinski definition) is 0. The second kappa shape index (κ2) is 6.10. The smallest absolute Gasteiger partial charge is 0.341 e. The molecule has 0 aliphatic carbocycles. The minimum Gasteiger partial charge on any atom is -0.465 e. The van der Waals surface area contributed by atoms with Crippen LogP contribution in [0, 0.1) is 10.1 Å². The maximum absolute atomic E-state index is 11.4. The fraction of sp³-hybridized carbons (Fsp3) is 0.167. The van der Waals surface area contributed by atoms with E-state index in [1.807, 2.05) is 0 Å². The van der Waals surface area contributed by atoms with Crippen molar-refractivity contribution in [3.63, 3.8) is 0 Å². The first-order valence-electron chi connectivity index (χ1n) is 5.11. The molecule has 1 rings (SSSR count). The van der Waals surface area contributed by atoms with E-state index in [1.165, 1.54) is 31.2 Å². The Hall–Kier alpha value is -2.21. The molecule has 0 bridgehead atoms. The number of esters is 1. The molecule has 0 aromatic heterocycles. The molecule has 7 heteroatoms. The highest BCUT2D eigenvalue weighted by atomic mass is 35.5. The molecule has 100 valence electrons. The molecule has 0 saturated carbocycles. The molecule has 6 nitrogen and oxygen atoms in total. The van der Waals surface area contributed by atoms with Crippen molar-refractivity contribution in [1.82, 2.24) is 0 Å². The van der Waals surface area contributed by atoms with Gasteiger partial charge in [-0.05, 0) is 19.1 Å². The minimum absolute atomic E-state index is 0.188. The third-order valence-electron chi connectivity index (χ3n) is 2.27. The van der Waals surface area contributed by atoms with Gasteiger partial charge < -0.3 is 4.74 Å². The van der Waals surface area contributed by atoms with Gasteiger partial charge in [-0.2, -0.15) is 0 Å². The Morgan fingerprint density at radius 2 is 2.05 bits per heavy atom.